The molecule has 2 heterocycles. The molecular weight excluding hydrogens is 898 g/mol. The van der Waals surface area contributed by atoms with Crippen molar-refractivity contribution in [2.45, 2.75) is 23.9 Å². The van der Waals surface area contributed by atoms with Crippen LogP contribution in [0.25, 0.3) is 0 Å². The molecule has 0 saturated carbocycles. The number of carboxylic acid groups (broad SMARTS) is 1. The summed E-state index contributed by atoms with van der Waals surface area (Å²) in [4.78, 5) is 59.6. The second kappa shape index (κ2) is 27.2. The van der Waals surface area contributed by atoms with Gasteiger partial charge in [0.05, 0.1) is 32.0 Å². The fraction of sp³-hybridized carbons (Fsp3) is 0.228. The van der Waals surface area contributed by atoms with E-state index in [1.807, 2.05) is 131 Å². The molecule has 2 amide bonds. The summed E-state index contributed by atoms with van der Waals surface area (Å²) in [5.41, 5.74) is 4.82. The minimum absolute atomic E-state index is 0. The predicted molar refractivity (Wildman–Crippen MR) is 261 cm³/mol. The Labute approximate surface area is 425 Å². The Morgan fingerprint density at radius 2 is 0.859 bits per heavy atom. The fourth-order valence-electron chi connectivity index (χ4n) is 8.48. The molecule has 8 rings (SSSR count). The Hall–Kier alpha value is -7.34. The third-order valence-electron chi connectivity index (χ3n) is 12.0. The number of hydrogen-bond acceptors (Lipinski definition) is 8. The zero-order chi connectivity index (χ0) is 48.5. The number of piperazine rings is 2. The first-order chi connectivity index (χ1) is 33.6. The van der Waals surface area contributed by atoms with Gasteiger partial charge in [-0.05, 0) is 70.8 Å². The first kappa shape index (κ1) is 54.6. The summed E-state index contributed by atoms with van der Waals surface area (Å²) in [6.45, 7) is 3.08. The summed E-state index contributed by atoms with van der Waals surface area (Å²) in [5, 5.41) is 9.94. The average molecular weight is 951 g/mol. The van der Waals surface area contributed by atoms with Crippen molar-refractivity contribution in [2.75, 3.05) is 59.5 Å². The first-order valence-corrected chi connectivity index (χ1v) is 22.6. The Morgan fingerprint density at radius 1 is 0.535 bits per heavy atom. The third kappa shape index (κ3) is 14.8. The van der Waals surface area contributed by atoms with E-state index < -0.39 is 35.9 Å². The van der Waals surface area contributed by atoms with Gasteiger partial charge < -0.3 is 25.1 Å². The second-order valence-electron chi connectivity index (χ2n) is 16.6. The second-order valence-corrected chi connectivity index (χ2v) is 16.6. The molecule has 6 aromatic rings. The van der Waals surface area contributed by atoms with E-state index in [1.54, 1.807) is 29.2 Å². The van der Waals surface area contributed by atoms with Crippen LogP contribution in [0.15, 0.2) is 170 Å². The molecule has 2 aliphatic heterocycles. The molecule has 0 unspecified atom stereocenters. The van der Waals surface area contributed by atoms with Gasteiger partial charge in [-0.25, -0.2) is 18.4 Å². The van der Waals surface area contributed by atoms with Crippen molar-refractivity contribution < 1.29 is 62.1 Å². The summed E-state index contributed by atoms with van der Waals surface area (Å²) in [6.07, 6.45) is 0. The van der Waals surface area contributed by atoms with E-state index >= 15 is 0 Å². The van der Waals surface area contributed by atoms with E-state index in [4.69, 9.17) is 4.74 Å². The number of hydrogen-bond donors (Lipinski definition) is 1. The van der Waals surface area contributed by atoms with Gasteiger partial charge in [0.1, 0.15) is 23.7 Å². The Bertz CT molecular complexity index is 2710. The van der Waals surface area contributed by atoms with Crippen molar-refractivity contribution in [2.24, 2.45) is 0 Å². The minimum Gasteiger partial charge on any atom is -0.870 e. The number of benzene rings is 6. The molecule has 0 aliphatic carbocycles. The van der Waals surface area contributed by atoms with Crippen LogP contribution in [0.4, 0.5) is 8.78 Å². The van der Waals surface area contributed by atoms with Crippen LogP contribution >= 0.6 is 0 Å². The zero-order valence-electron chi connectivity index (χ0n) is 39.6. The Morgan fingerprint density at radius 3 is 1.18 bits per heavy atom. The largest absolute Gasteiger partial charge is 1.00 e. The molecule has 358 valence electrons. The summed E-state index contributed by atoms with van der Waals surface area (Å²) in [7, 11) is 1.34. The molecular formula is C57H53F2LiN4O7. The van der Waals surface area contributed by atoms with E-state index in [1.165, 1.54) is 36.3 Å². The quantitative estimate of drug-likeness (QED) is 0.122. The molecule has 2 aliphatic rings. The molecule has 0 radical (unpaired) electrons. The van der Waals surface area contributed by atoms with Gasteiger partial charge in [0, 0.05) is 50.4 Å². The van der Waals surface area contributed by atoms with E-state index in [9.17, 15) is 33.1 Å². The molecule has 71 heavy (non-hydrogen) atoms. The van der Waals surface area contributed by atoms with E-state index in [0.717, 1.165) is 27.8 Å². The summed E-state index contributed by atoms with van der Waals surface area (Å²) in [5.74, 6) is 8.55. The maximum atomic E-state index is 13.9. The summed E-state index contributed by atoms with van der Waals surface area (Å²) >= 11 is 0. The van der Waals surface area contributed by atoms with Gasteiger partial charge >= 0.3 is 30.8 Å². The number of carboxylic acids is 1. The number of nitrogens with zero attached hydrogens (tertiary/aromatic N) is 4. The van der Waals surface area contributed by atoms with Gasteiger partial charge in [-0.3, -0.25) is 19.4 Å². The van der Waals surface area contributed by atoms with Crippen LogP contribution in [0.5, 0.6) is 0 Å². The number of carbonyl (C=O) groups is 4. The van der Waals surface area contributed by atoms with Crippen molar-refractivity contribution >= 4 is 23.8 Å². The van der Waals surface area contributed by atoms with E-state index in [-0.39, 0.29) is 54.3 Å². The number of amides is 2. The molecule has 6 aromatic carbocycles. The van der Waals surface area contributed by atoms with Crippen LogP contribution in [0.3, 0.4) is 0 Å². The topological polar surface area (TPSA) is 141 Å². The predicted octanol–water partition coefficient (Wildman–Crippen LogP) is 4.13. The van der Waals surface area contributed by atoms with E-state index in [2.05, 4.69) is 23.7 Å². The maximum absolute atomic E-state index is 13.9. The standard InChI is InChI=1S/C29H27FN2O3.C28H25FN2O3.Li.H2O/c1-35-29(34)26-21-31(18-8-9-22-14-16-25(30)17-15-22)19-20-32(26)28(33)27(23-10-4-2-5-11-23)24-12-6-3-7-13-24;29-24-15-13-21(14-16-24)8-7-17-30-18-19-31(25(20-30)28(33)34)27(32)26(22-9-3-1-4-10-22)23-11-5-2-6-12-23;;/h2-7,10-17,26-27H,18-21H2,1H3;1-6,9-16,25-26H,17-20H2,(H,33,34);;1H2/q;;+1;/p-1/t26-;25-;;/m00../s1. The van der Waals surface area contributed by atoms with Gasteiger partial charge in [0.2, 0.25) is 11.8 Å². The molecule has 2 fully saturated rings. The van der Waals surface area contributed by atoms with Crippen LogP contribution in [0, 0.1) is 35.3 Å². The van der Waals surface area contributed by atoms with Crippen molar-refractivity contribution in [1.29, 1.82) is 0 Å². The fourth-order valence-corrected chi connectivity index (χ4v) is 8.48. The molecule has 0 bridgehead atoms. The molecule has 2 N–H and O–H groups in total. The van der Waals surface area contributed by atoms with Crippen molar-refractivity contribution in [3.8, 4) is 23.7 Å². The average Bonchev–Trinajstić information content (AvgIpc) is 3.39. The van der Waals surface area contributed by atoms with Crippen LogP contribution in [-0.2, 0) is 23.9 Å². The van der Waals surface area contributed by atoms with Crippen molar-refractivity contribution in [3.05, 3.63) is 215 Å². The van der Waals surface area contributed by atoms with Crippen molar-refractivity contribution in [1.82, 2.24) is 19.6 Å². The van der Waals surface area contributed by atoms with E-state index in [0.29, 0.717) is 51.4 Å². The van der Waals surface area contributed by atoms with Gasteiger partial charge in [-0.15, -0.1) is 0 Å². The molecule has 14 heteroatoms. The number of rotatable bonds is 10. The minimum atomic E-state index is -1.04. The van der Waals surface area contributed by atoms with Gasteiger partial charge in [-0.2, -0.15) is 0 Å². The third-order valence-corrected chi connectivity index (χ3v) is 12.0. The number of aliphatic carboxylic acids is 1. The molecule has 2 atom stereocenters. The Kier molecular flexibility index (Phi) is 20.9. The number of carbonyl (C=O) groups excluding carboxylic acids is 3. The number of halogens is 2. The molecule has 0 aromatic heterocycles. The monoisotopic (exact) mass is 950 g/mol. The van der Waals surface area contributed by atoms with Crippen LogP contribution in [0.2, 0.25) is 0 Å². The summed E-state index contributed by atoms with van der Waals surface area (Å²) in [6, 6.07) is 48.3. The van der Waals surface area contributed by atoms with Gasteiger partial charge in [0.15, 0.2) is 0 Å². The molecule has 11 nitrogen and oxygen atoms in total. The summed E-state index contributed by atoms with van der Waals surface area (Å²) < 4.78 is 31.2. The molecule has 2 saturated heterocycles. The van der Waals surface area contributed by atoms with Crippen LogP contribution in [-0.4, -0.2) is 125 Å². The SMILES string of the molecule is COC(=O)[C@@H]1CN(CC#Cc2ccc(F)cc2)CCN1C(=O)C(c1ccccc1)c1ccccc1.O=C(O)[C@@H]1CN(CC#Cc2ccc(F)cc2)CCN1C(=O)C(c1ccccc1)c1ccccc1.[Li+].[OH-]. The maximum Gasteiger partial charge on any atom is 1.00 e. The van der Waals surface area contributed by atoms with Crippen LogP contribution in [0.1, 0.15) is 45.2 Å². The normalized spacial score (nSPS) is 15.5. The molecule has 0 spiro atoms. The Balaban J connectivity index is 0.000000257. The smallest absolute Gasteiger partial charge is 0.870 e. The number of esters is 1. The van der Waals surface area contributed by atoms with Crippen LogP contribution < -0.4 is 18.9 Å². The van der Waals surface area contributed by atoms with Gasteiger partial charge in [-0.1, -0.05) is 145 Å². The first-order valence-electron chi connectivity index (χ1n) is 22.6. The van der Waals surface area contributed by atoms with Crippen molar-refractivity contribution in [3.63, 3.8) is 0 Å². The number of methoxy groups -OCH3 is 1. The van der Waals surface area contributed by atoms with Gasteiger partial charge in [0.25, 0.3) is 0 Å². The number of ether oxygens (including phenoxy) is 1. The zero-order valence-corrected chi connectivity index (χ0v) is 39.6.